The SMILES string of the molecule is O=C(O)c1ccc(C(=O)Nc2ccccc2F)s1. The Bertz CT molecular complexity index is 609. The molecule has 0 saturated carbocycles. The van der Waals surface area contributed by atoms with Gasteiger partial charge in [-0.25, -0.2) is 9.18 Å². The number of thiophene rings is 1. The summed E-state index contributed by atoms with van der Waals surface area (Å²) in [7, 11) is 0. The molecule has 4 nitrogen and oxygen atoms in total. The van der Waals surface area contributed by atoms with Crippen molar-refractivity contribution in [1.29, 1.82) is 0 Å². The zero-order chi connectivity index (χ0) is 13.1. The Morgan fingerprint density at radius 2 is 1.78 bits per heavy atom. The van der Waals surface area contributed by atoms with Crippen LogP contribution < -0.4 is 5.32 Å². The van der Waals surface area contributed by atoms with E-state index in [1.54, 1.807) is 6.07 Å². The molecule has 0 aliphatic heterocycles. The average molecular weight is 265 g/mol. The minimum atomic E-state index is -1.09. The van der Waals surface area contributed by atoms with Crippen LogP contribution in [0, 0.1) is 5.82 Å². The molecule has 1 amide bonds. The van der Waals surface area contributed by atoms with Crippen LogP contribution in [-0.4, -0.2) is 17.0 Å². The summed E-state index contributed by atoms with van der Waals surface area (Å²) in [6, 6.07) is 8.49. The number of benzene rings is 1. The minimum Gasteiger partial charge on any atom is -0.477 e. The molecular formula is C12H8FNO3S. The third kappa shape index (κ3) is 2.54. The fraction of sp³-hybridized carbons (Fsp3) is 0. The van der Waals surface area contributed by atoms with Gasteiger partial charge in [-0.15, -0.1) is 11.3 Å². The van der Waals surface area contributed by atoms with Crippen molar-refractivity contribution in [2.45, 2.75) is 0 Å². The molecule has 1 heterocycles. The molecule has 1 aromatic carbocycles. The number of halogens is 1. The van der Waals surface area contributed by atoms with E-state index in [1.807, 2.05) is 0 Å². The summed E-state index contributed by atoms with van der Waals surface area (Å²) >= 11 is 0.840. The monoisotopic (exact) mass is 265 g/mol. The zero-order valence-corrected chi connectivity index (χ0v) is 9.83. The number of rotatable bonds is 3. The molecule has 0 saturated heterocycles. The Hall–Kier alpha value is -2.21. The number of carbonyl (C=O) groups excluding carboxylic acids is 1. The largest absolute Gasteiger partial charge is 0.477 e. The Morgan fingerprint density at radius 1 is 1.11 bits per heavy atom. The first-order chi connectivity index (χ1) is 8.58. The summed E-state index contributed by atoms with van der Waals surface area (Å²) in [5.41, 5.74) is 0.0628. The average Bonchev–Trinajstić information content (AvgIpc) is 2.81. The molecule has 2 N–H and O–H groups in total. The molecule has 2 rings (SSSR count). The lowest BCUT2D eigenvalue weighted by Gasteiger charge is -2.03. The summed E-state index contributed by atoms with van der Waals surface area (Å²) in [6.45, 7) is 0. The fourth-order valence-corrected chi connectivity index (χ4v) is 2.06. The number of hydrogen-bond acceptors (Lipinski definition) is 3. The van der Waals surface area contributed by atoms with Crippen molar-refractivity contribution in [3.63, 3.8) is 0 Å². The van der Waals surface area contributed by atoms with Crippen molar-refractivity contribution < 1.29 is 19.1 Å². The molecule has 2 aromatic rings. The van der Waals surface area contributed by atoms with E-state index in [0.717, 1.165) is 11.3 Å². The second-order valence-electron chi connectivity index (χ2n) is 3.40. The van der Waals surface area contributed by atoms with Crippen LogP contribution in [0.2, 0.25) is 0 Å². The zero-order valence-electron chi connectivity index (χ0n) is 9.01. The molecule has 6 heteroatoms. The van der Waals surface area contributed by atoms with E-state index in [4.69, 9.17) is 5.11 Å². The van der Waals surface area contributed by atoms with Crippen molar-refractivity contribution in [3.8, 4) is 0 Å². The maximum atomic E-state index is 13.3. The lowest BCUT2D eigenvalue weighted by Crippen LogP contribution is -2.11. The van der Waals surface area contributed by atoms with Gasteiger partial charge in [0.2, 0.25) is 0 Å². The molecule has 0 atom stereocenters. The Balaban J connectivity index is 2.17. The van der Waals surface area contributed by atoms with Gasteiger partial charge in [0, 0.05) is 0 Å². The third-order valence-electron chi connectivity index (χ3n) is 2.16. The standard InChI is InChI=1S/C12H8FNO3S/c13-7-3-1-2-4-8(7)14-11(15)9-5-6-10(18-9)12(16)17/h1-6H,(H,14,15)(H,16,17). The number of aromatic carboxylic acids is 1. The van der Waals surface area contributed by atoms with Crippen LogP contribution in [0.1, 0.15) is 19.3 Å². The number of para-hydroxylation sites is 1. The van der Waals surface area contributed by atoms with E-state index in [-0.39, 0.29) is 15.4 Å². The topological polar surface area (TPSA) is 66.4 Å². The van der Waals surface area contributed by atoms with Crippen LogP contribution in [0.5, 0.6) is 0 Å². The van der Waals surface area contributed by atoms with E-state index in [0.29, 0.717) is 0 Å². The number of amides is 1. The maximum Gasteiger partial charge on any atom is 0.345 e. The highest BCUT2D eigenvalue weighted by molar-refractivity contribution is 7.15. The molecule has 0 fully saturated rings. The van der Waals surface area contributed by atoms with Gasteiger partial charge in [0.15, 0.2) is 0 Å². The molecule has 0 unspecified atom stereocenters. The first-order valence-corrected chi connectivity index (χ1v) is 5.78. The maximum absolute atomic E-state index is 13.3. The Kier molecular flexibility index (Phi) is 3.38. The fourth-order valence-electron chi connectivity index (χ4n) is 1.32. The molecule has 0 radical (unpaired) electrons. The third-order valence-corrected chi connectivity index (χ3v) is 3.23. The van der Waals surface area contributed by atoms with Crippen molar-refractivity contribution in [2.75, 3.05) is 5.32 Å². The lowest BCUT2D eigenvalue weighted by atomic mass is 10.3. The first-order valence-electron chi connectivity index (χ1n) is 4.97. The summed E-state index contributed by atoms with van der Waals surface area (Å²) in [6.07, 6.45) is 0. The van der Waals surface area contributed by atoms with Crippen molar-refractivity contribution in [3.05, 3.63) is 52.0 Å². The van der Waals surface area contributed by atoms with E-state index >= 15 is 0 Å². The van der Waals surface area contributed by atoms with Gasteiger partial charge in [0.1, 0.15) is 10.7 Å². The highest BCUT2D eigenvalue weighted by Crippen LogP contribution is 2.19. The molecule has 92 valence electrons. The van der Waals surface area contributed by atoms with Crippen LogP contribution in [0.4, 0.5) is 10.1 Å². The number of anilines is 1. The number of hydrogen-bond donors (Lipinski definition) is 2. The summed E-state index contributed by atoms with van der Waals surface area (Å²) in [5, 5.41) is 11.1. The molecule has 18 heavy (non-hydrogen) atoms. The molecule has 1 aromatic heterocycles. The first kappa shape index (κ1) is 12.3. The minimum absolute atomic E-state index is 0.0628. The normalized spacial score (nSPS) is 10.1. The predicted molar refractivity (Wildman–Crippen MR) is 65.6 cm³/mol. The van der Waals surface area contributed by atoms with E-state index in [1.165, 1.54) is 30.3 Å². The molecule has 0 aliphatic rings. The second kappa shape index (κ2) is 4.97. The van der Waals surface area contributed by atoms with Crippen LogP contribution in [0.15, 0.2) is 36.4 Å². The number of carboxylic acid groups (broad SMARTS) is 1. The Labute approximate surface area is 106 Å². The number of carbonyl (C=O) groups is 2. The van der Waals surface area contributed by atoms with Gasteiger partial charge in [0.25, 0.3) is 5.91 Å². The molecule has 0 aliphatic carbocycles. The van der Waals surface area contributed by atoms with Crippen LogP contribution in [0.3, 0.4) is 0 Å². The number of carboxylic acids is 1. The lowest BCUT2D eigenvalue weighted by molar-refractivity contribution is 0.0702. The van der Waals surface area contributed by atoms with Gasteiger partial charge in [-0.1, -0.05) is 12.1 Å². The summed E-state index contributed by atoms with van der Waals surface area (Å²) < 4.78 is 13.3. The van der Waals surface area contributed by atoms with E-state index in [9.17, 15) is 14.0 Å². The second-order valence-corrected chi connectivity index (χ2v) is 4.49. The van der Waals surface area contributed by atoms with Crippen molar-refractivity contribution >= 4 is 28.9 Å². The van der Waals surface area contributed by atoms with Crippen molar-refractivity contribution in [1.82, 2.24) is 0 Å². The van der Waals surface area contributed by atoms with E-state index in [2.05, 4.69) is 5.32 Å². The van der Waals surface area contributed by atoms with Crippen LogP contribution >= 0.6 is 11.3 Å². The molecule has 0 bridgehead atoms. The molecule has 0 spiro atoms. The molecular weight excluding hydrogens is 257 g/mol. The van der Waals surface area contributed by atoms with E-state index < -0.39 is 17.7 Å². The van der Waals surface area contributed by atoms with Gasteiger partial charge < -0.3 is 10.4 Å². The highest BCUT2D eigenvalue weighted by atomic mass is 32.1. The summed E-state index contributed by atoms with van der Waals surface area (Å²) in [4.78, 5) is 22.7. The Morgan fingerprint density at radius 3 is 2.39 bits per heavy atom. The predicted octanol–water partition coefficient (Wildman–Crippen LogP) is 2.84. The van der Waals surface area contributed by atoms with Gasteiger partial charge in [-0.3, -0.25) is 4.79 Å². The van der Waals surface area contributed by atoms with Gasteiger partial charge in [-0.05, 0) is 24.3 Å². The smallest absolute Gasteiger partial charge is 0.345 e. The van der Waals surface area contributed by atoms with Crippen LogP contribution in [-0.2, 0) is 0 Å². The van der Waals surface area contributed by atoms with Gasteiger partial charge >= 0.3 is 5.97 Å². The highest BCUT2D eigenvalue weighted by Gasteiger charge is 2.14. The van der Waals surface area contributed by atoms with Crippen LogP contribution in [0.25, 0.3) is 0 Å². The number of nitrogens with one attached hydrogen (secondary N) is 1. The quantitative estimate of drug-likeness (QED) is 0.896. The van der Waals surface area contributed by atoms with Crippen molar-refractivity contribution in [2.24, 2.45) is 0 Å². The summed E-state index contributed by atoms with van der Waals surface area (Å²) in [5.74, 6) is -2.16. The van der Waals surface area contributed by atoms with Gasteiger partial charge in [-0.2, -0.15) is 0 Å². The van der Waals surface area contributed by atoms with Gasteiger partial charge in [0.05, 0.1) is 10.6 Å².